The summed E-state index contributed by atoms with van der Waals surface area (Å²) in [7, 11) is -2.52. The smallest absolute Gasteiger partial charge is 0.414 e. The summed E-state index contributed by atoms with van der Waals surface area (Å²) in [4.78, 5) is 45.2. The number of anilines is 1. The summed E-state index contributed by atoms with van der Waals surface area (Å²) in [5.41, 5.74) is 5.69. The lowest BCUT2D eigenvalue weighted by Crippen LogP contribution is -2.65. The van der Waals surface area contributed by atoms with Crippen molar-refractivity contribution in [2.75, 3.05) is 24.3 Å². The van der Waals surface area contributed by atoms with E-state index >= 15 is 0 Å². The molecule has 5 heterocycles. The van der Waals surface area contributed by atoms with Crippen molar-refractivity contribution < 1.29 is 36.8 Å². The number of pyridine rings is 1. The molecule has 0 spiro atoms. The van der Waals surface area contributed by atoms with Gasteiger partial charge in [0, 0.05) is 30.7 Å². The molecule has 2 saturated heterocycles. The molecule has 0 saturated carbocycles. The van der Waals surface area contributed by atoms with E-state index in [9.17, 15) is 9.59 Å². The van der Waals surface area contributed by atoms with Crippen LogP contribution in [0.5, 0.6) is 5.88 Å². The van der Waals surface area contributed by atoms with Gasteiger partial charge < -0.3 is 27.2 Å². The molecule has 18 heteroatoms. The fraction of sp³-hybridized carbons (Fsp3) is 0.478. The van der Waals surface area contributed by atoms with E-state index in [-0.39, 0.29) is 70.7 Å². The van der Waals surface area contributed by atoms with E-state index in [1.165, 1.54) is 0 Å². The fourth-order valence-corrected chi connectivity index (χ4v) is 22.4. The van der Waals surface area contributed by atoms with Crippen molar-refractivity contribution in [2.24, 2.45) is 0 Å². The van der Waals surface area contributed by atoms with Crippen molar-refractivity contribution in [2.45, 2.75) is 126 Å². The number of hydrogen-bond donors (Lipinski definition) is 1. The Morgan fingerprint density at radius 3 is 2.17 bits per heavy atom. The number of esters is 1. The zero-order valence-electron chi connectivity index (χ0n) is 37.7. The summed E-state index contributed by atoms with van der Waals surface area (Å²) >= 11 is 0. The molecule has 2 aromatic carbocycles. The van der Waals surface area contributed by atoms with Crippen molar-refractivity contribution in [1.29, 1.82) is 0 Å². The number of nitrogens with zero attached hydrogens (tertiary/aromatic N) is 5. The molecule has 3 atom stereocenters. The second-order valence-corrected chi connectivity index (χ2v) is 29.1. The van der Waals surface area contributed by atoms with E-state index in [2.05, 4.69) is 99.9 Å². The van der Waals surface area contributed by atoms with Crippen LogP contribution in [-0.4, -0.2) is 84.9 Å². The Hall–Kier alpha value is -4.15. The molecule has 1 N–H and O–H groups in total. The number of fused-ring (bicyclic) bond motifs is 5. The maximum absolute atomic E-state index is 13.6. The summed E-state index contributed by atoms with van der Waals surface area (Å²) in [6, 6.07) is 22.1. The topological polar surface area (TPSA) is 158 Å². The lowest BCUT2D eigenvalue weighted by molar-refractivity contribution is -0.134. The van der Waals surface area contributed by atoms with Gasteiger partial charge in [-0.25, -0.2) is 14.8 Å². The first-order valence-corrected chi connectivity index (χ1v) is 28.5. The monoisotopic (exact) mass is 942 g/mol. The Bertz CT molecular complexity index is 2380. The first-order valence-electron chi connectivity index (χ1n) is 22.2. The standard InChI is InChI=1S/C46H58N6O8S2Si2/c1-28(2)63(29(3)4)56-26-38-37(59-64(60-63,30(5)6)31(7)8)24-40(57-38)52-27-48-42-43(52)49-45(50-44(42)58-41(53)21-15-23-61-62-39-20-13-14-22-47-39)51-46(54)55-25-36-34-18-11-9-16-32(34)33-17-10-12-19-35(33)36/h9-14,16-20,22,27-31,36-38,40H,15,21,23-26H2,1-8H3,(H,49,50,51,54). The van der Waals surface area contributed by atoms with Crippen molar-refractivity contribution >= 4 is 67.9 Å². The molecule has 64 heavy (non-hydrogen) atoms. The minimum absolute atomic E-state index is 0.0779. The van der Waals surface area contributed by atoms with Gasteiger partial charge in [0.25, 0.3) is 5.88 Å². The maximum Gasteiger partial charge on any atom is 0.414 e. The maximum atomic E-state index is 13.6. The average Bonchev–Trinajstić information content (AvgIpc) is 3.96. The Morgan fingerprint density at radius 1 is 0.844 bits per heavy atom. The minimum atomic E-state index is -2.90. The number of carbonyl (C=O) groups is 2. The molecule has 3 aliphatic rings. The number of amides is 1. The third-order valence-corrected chi connectivity index (χ3v) is 25.0. The van der Waals surface area contributed by atoms with E-state index in [0.717, 1.165) is 27.3 Å². The van der Waals surface area contributed by atoms with Crippen LogP contribution < -0.4 is 10.1 Å². The van der Waals surface area contributed by atoms with Gasteiger partial charge in [0.15, 0.2) is 11.2 Å². The van der Waals surface area contributed by atoms with Crippen LogP contribution in [0.15, 0.2) is 84.3 Å². The molecule has 3 aromatic heterocycles. The minimum Gasteiger partial charge on any atom is -0.448 e. The normalized spacial score (nSPS) is 20.3. The molecule has 0 radical (unpaired) electrons. The number of benzene rings is 2. The largest absolute Gasteiger partial charge is 0.448 e. The van der Waals surface area contributed by atoms with Gasteiger partial charge >= 0.3 is 29.2 Å². The molecule has 340 valence electrons. The zero-order valence-corrected chi connectivity index (χ0v) is 41.3. The van der Waals surface area contributed by atoms with Gasteiger partial charge in [0.05, 0.1) is 19.0 Å². The highest BCUT2D eigenvalue weighted by Gasteiger charge is 2.60. The molecule has 1 amide bonds. The predicted octanol–water partition coefficient (Wildman–Crippen LogP) is 11.0. The van der Waals surface area contributed by atoms with Crippen molar-refractivity contribution in [1.82, 2.24) is 24.5 Å². The van der Waals surface area contributed by atoms with Gasteiger partial charge in [0.2, 0.25) is 5.95 Å². The molecule has 8 rings (SSSR count). The van der Waals surface area contributed by atoms with Crippen molar-refractivity contribution in [3.8, 4) is 17.0 Å². The number of carbonyl (C=O) groups excluding carboxylic acids is 2. The number of ether oxygens (including phenoxy) is 3. The second kappa shape index (κ2) is 19.8. The van der Waals surface area contributed by atoms with E-state index in [0.29, 0.717) is 30.8 Å². The Kier molecular flexibility index (Phi) is 14.3. The summed E-state index contributed by atoms with van der Waals surface area (Å²) in [5, 5.41) is 3.62. The SMILES string of the molecule is CC(C)[Si]1(C(C)C)OCC2OC(n3cnc4c(OC(=O)CCCSSc5ccccn5)nc(NC(=O)OCC5c6ccccc6-c6ccccc65)nc43)CC2O[Si](C(C)C)(C(C)C)O1. The molecular formula is C46H58N6O8S2Si2. The molecule has 1 aliphatic carbocycles. The Morgan fingerprint density at radius 2 is 1.52 bits per heavy atom. The number of aromatic nitrogens is 5. The number of rotatable bonds is 15. The Balaban J connectivity index is 1.04. The van der Waals surface area contributed by atoms with Gasteiger partial charge in [-0.3, -0.25) is 14.7 Å². The van der Waals surface area contributed by atoms with Gasteiger partial charge in [-0.2, -0.15) is 9.97 Å². The molecule has 2 fully saturated rings. The lowest BCUT2D eigenvalue weighted by atomic mass is 9.98. The second-order valence-electron chi connectivity index (χ2n) is 17.8. The van der Waals surface area contributed by atoms with Crippen LogP contribution in [-0.2, 0) is 27.2 Å². The number of hydrogen-bond acceptors (Lipinski definition) is 14. The highest BCUT2D eigenvalue weighted by molar-refractivity contribution is 8.76. The van der Waals surface area contributed by atoms with Crippen molar-refractivity contribution in [3.05, 3.63) is 90.4 Å². The highest BCUT2D eigenvalue weighted by atomic mass is 33.1. The van der Waals surface area contributed by atoms with E-state index < -0.39 is 35.4 Å². The molecule has 3 unspecified atom stereocenters. The Labute approximate surface area is 385 Å². The molecule has 14 nitrogen and oxygen atoms in total. The number of nitrogens with one attached hydrogen (secondary N) is 1. The van der Waals surface area contributed by atoms with Crippen LogP contribution in [0.2, 0.25) is 22.2 Å². The third-order valence-electron chi connectivity index (χ3n) is 12.4. The van der Waals surface area contributed by atoms with Crippen molar-refractivity contribution in [3.63, 3.8) is 0 Å². The van der Waals surface area contributed by atoms with Crippen LogP contribution in [0.25, 0.3) is 22.3 Å². The van der Waals surface area contributed by atoms with Gasteiger partial charge in [0.1, 0.15) is 24.0 Å². The first kappa shape index (κ1) is 46.4. The average molecular weight is 943 g/mol. The van der Waals surface area contributed by atoms with E-state index in [1.807, 2.05) is 42.5 Å². The summed E-state index contributed by atoms with van der Waals surface area (Å²) in [6.07, 6.45) is 2.51. The fourth-order valence-electron chi connectivity index (χ4n) is 9.19. The molecule has 5 aromatic rings. The summed E-state index contributed by atoms with van der Waals surface area (Å²) in [5.74, 6) is -0.115. The molecule has 2 aliphatic heterocycles. The van der Waals surface area contributed by atoms with Crippen LogP contribution in [0, 0.1) is 0 Å². The molecular weight excluding hydrogens is 885 g/mol. The number of imidazole rings is 1. The third kappa shape index (κ3) is 9.43. The summed E-state index contributed by atoms with van der Waals surface area (Å²) in [6.45, 7) is 18.0. The molecule has 0 bridgehead atoms. The van der Waals surface area contributed by atoms with Gasteiger partial charge in [-0.15, -0.1) is 0 Å². The lowest BCUT2D eigenvalue weighted by Gasteiger charge is -2.51. The quantitative estimate of drug-likeness (QED) is 0.0457. The highest BCUT2D eigenvalue weighted by Crippen LogP contribution is 2.49. The predicted molar refractivity (Wildman–Crippen MR) is 254 cm³/mol. The summed E-state index contributed by atoms with van der Waals surface area (Å²) < 4.78 is 42.1. The van der Waals surface area contributed by atoms with Crippen LogP contribution in [0.4, 0.5) is 10.7 Å². The van der Waals surface area contributed by atoms with Crippen LogP contribution >= 0.6 is 21.6 Å². The van der Waals surface area contributed by atoms with Crippen LogP contribution in [0.3, 0.4) is 0 Å². The van der Waals surface area contributed by atoms with Gasteiger partial charge in [-0.05, 0) is 73.8 Å². The zero-order chi connectivity index (χ0) is 45.2. The van der Waals surface area contributed by atoms with E-state index in [4.69, 9.17) is 32.2 Å². The van der Waals surface area contributed by atoms with Crippen LogP contribution in [0.1, 0.15) is 97.9 Å². The van der Waals surface area contributed by atoms with Gasteiger partial charge in [-0.1, -0.05) is 121 Å². The van der Waals surface area contributed by atoms with E-state index in [1.54, 1.807) is 38.7 Å². The first-order chi connectivity index (χ1) is 30.8.